The summed E-state index contributed by atoms with van der Waals surface area (Å²) in [6.45, 7) is 3.11. The van der Waals surface area contributed by atoms with Crippen LogP contribution in [0.4, 0.5) is 0 Å². The lowest BCUT2D eigenvalue weighted by Gasteiger charge is -2.27. The topological polar surface area (TPSA) is 29.1 Å². The number of ketones is 1. The lowest BCUT2D eigenvalue weighted by atomic mass is 9.84. The Morgan fingerprint density at radius 2 is 2.12 bits per heavy atom. The molecule has 1 unspecified atom stereocenters. The molecule has 0 bridgehead atoms. The number of carbonyl (C=O) groups is 1. The second-order valence-electron chi connectivity index (χ2n) is 4.56. The molecule has 1 N–H and O–H groups in total. The van der Waals surface area contributed by atoms with E-state index in [9.17, 15) is 4.79 Å². The second kappa shape index (κ2) is 4.79. The summed E-state index contributed by atoms with van der Waals surface area (Å²) >= 11 is 0. The van der Waals surface area contributed by atoms with Crippen LogP contribution in [0.25, 0.3) is 0 Å². The Labute approximate surface area is 97.1 Å². The Morgan fingerprint density at radius 1 is 1.38 bits per heavy atom. The molecule has 1 aliphatic heterocycles. The molecule has 0 amide bonds. The van der Waals surface area contributed by atoms with Gasteiger partial charge in [-0.2, -0.15) is 0 Å². The molecule has 1 aromatic rings. The number of nitrogens with one attached hydrogen (secondary N) is 1. The lowest BCUT2D eigenvalue weighted by Crippen LogP contribution is -2.47. The van der Waals surface area contributed by atoms with E-state index in [-0.39, 0.29) is 11.3 Å². The van der Waals surface area contributed by atoms with E-state index < -0.39 is 0 Å². The zero-order valence-corrected chi connectivity index (χ0v) is 9.83. The fourth-order valence-corrected chi connectivity index (χ4v) is 2.62. The molecule has 2 heteroatoms. The molecule has 0 aliphatic carbocycles. The largest absolute Gasteiger partial charge is 0.305 e. The van der Waals surface area contributed by atoms with Crippen molar-refractivity contribution >= 4 is 5.78 Å². The minimum atomic E-state index is -0.282. The maximum atomic E-state index is 12.5. The molecule has 2 nitrogen and oxygen atoms in total. The highest BCUT2D eigenvalue weighted by Gasteiger charge is 2.39. The Kier molecular flexibility index (Phi) is 3.39. The lowest BCUT2D eigenvalue weighted by molar-refractivity contribution is 0.0857. The van der Waals surface area contributed by atoms with Crippen molar-refractivity contribution in [3.63, 3.8) is 0 Å². The van der Waals surface area contributed by atoms with Crippen LogP contribution < -0.4 is 5.32 Å². The van der Waals surface area contributed by atoms with E-state index in [0.29, 0.717) is 0 Å². The molecule has 0 saturated carbocycles. The smallest absolute Gasteiger partial charge is 0.182 e. The van der Waals surface area contributed by atoms with Crippen LogP contribution in [0.15, 0.2) is 30.3 Å². The average Bonchev–Trinajstić information content (AvgIpc) is 2.80. The summed E-state index contributed by atoms with van der Waals surface area (Å²) in [7, 11) is 0. The Bertz CT molecular complexity index is 352. The van der Waals surface area contributed by atoms with Crippen molar-refractivity contribution in [1.82, 2.24) is 5.32 Å². The number of Topliss-reactive ketones (excluding diaryl/α,β-unsaturated/α-hetero) is 1. The monoisotopic (exact) mass is 217 g/mol. The van der Waals surface area contributed by atoms with Crippen LogP contribution in [0.1, 0.15) is 43.0 Å². The highest BCUT2D eigenvalue weighted by Crippen LogP contribution is 2.28. The third-order valence-electron chi connectivity index (χ3n) is 3.39. The first-order chi connectivity index (χ1) is 7.78. The molecule has 0 radical (unpaired) electrons. The van der Waals surface area contributed by atoms with E-state index in [4.69, 9.17) is 0 Å². The predicted octanol–water partition coefficient (Wildman–Crippen LogP) is 2.79. The summed E-state index contributed by atoms with van der Waals surface area (Å²) in [5.41, 5.74) is 0.557. The standard InChI is InChI=1S/C14H19NO/c1-2-9-14(10-6-11-15-14)13(16)12-7-4-3-5-8-12/h3-5,7-8,15H,2,6,9-11H2,1H3. The molecule has 1 saturated heterocycles. The summed E-state index contributed by atoms with van der Waals surface area (Å²) in [4.78, 5) is 12.5. The second-order valence-corrected chi connectivity index (χ2v) is 4.56. The van der Waals surface area contributed by atoms with Crippen LogP contribution >= 0.6 is 0 Å². The Hall–Kier alpha value is -1.15. The minimum Gasteiger partial charge on any atom is -0.305 e. The molecule has 1 aliphatic rings. The first kappa shape index (κ1) is 11.3. The normalized spacial score (nSPS) is 24.6. The number of benzene rings is 1. The molecule has 1 fully saturated rings. The zero-order chi connectivity index (χ0) is 11.4. The van der Waals surface area contributed by atoms with Crippen LogP contribution in [0.5, 0.6) is 0 Å². The quantitative estimate of drug-likeness (QED) is 0.786. The molecule has 86 valence electrons. The van der Waals surface area contributed by atoms with Gasteiger partial charge in [0.05, 0.1) is 5.54 Å². The maximum Gasteiger partial charge on any atom is 0.182 e. The van der Waals surface area contributed by atoms with Gasteiger partial charge in [0.15, 0.2) is 5.78 Å². The van der Waals surface area contributed by atoms with Crippen molar-refractivity contribution in [1.29, 1.82) is 0 Å². The molecule has 1 heterocycles. The number of hydrogen-bond acceptors (Lipinski definition) is 2. The van der Waals surface area contributed by atoms with Crippen LogP contribution in [0.3, 0.4) is 0 Å². The van der Waals surface area contributed by atoms with Crippen molar-refractivity contribution < 1.29 is 4.79 Å². The molecular weight excluding hydrogens is 198 g/mol. The summed E-state index contributed by atoms with van der Waals surface area (Å²) in [6.07, 6.45) is 4.08. The third kappa shape index (κ3) is 2.03. The van der Waals surface area contributed by atoms with Gasteiger partial charge in [-0.1, -0.05) is 43.7 Å². The van der Waals surface area contributed by atoms with Gasteiger partial charge in [-0.05, 0) is 25.8 Å². The van der Waals surface area contributed by atoms with Crippen LogP contribution in [-0.4, -0.2) is 17.9 Å². The summed E-state index contributed by atoms with van der Waals surface area (Å²) in [5, 5.41) is 3.42. The fraction of sp³-hybridized carbons (Fsp3) is 0.500. The Morgan fingerprint density at radius 3 is 2.69 bits per heavy atom. The molecule has 16 heavy (non-hydrogen) atoms. The van der Waals surface area contributed by atoms with Gasteiger partial charge in [0.25, 0.3) is 0 Å². The van der Waals surface area contributed by atoms with E-state index in [2.05, 4.69) is 12.2 Å². The van der Waals surface area contributed by atoms with Crippen molar-refractivity contribution in [3.05, 3.63) is 35.9 Å². The molecule has 0 spiro atoms. The van der Waals surface area contributed by atoms with Crippen LogP contribution in [0, 0.1) is 0 Å². The molecule has 2 rings (SSSR count). The molecule has 1 aromatic carbocycles. The first-order valence-electron chi connectivity index (χ1n) is 6.13. The fourth-order valence-electron chi connectivity index (χ4n) is 2.62. The Balaban J connectivity index is 2.24. The van der Waals surface area contributed by atoms with Crippen molar-refractivity contribution in [2.75, 3.05) is 6.54 Å². The highest BCUT2D eigenvalue weighted by molar-refractivity contribution is 6.03. The highest BCUT2D eigenvalue weighted by atomic mass is 16.1. The third-order valence-corrected chi connectivity index (χ3v) is 3.39. The van der Waals surface area contributed by atoms with E-state index in [0.717, 1.165) is 37.8 Å². The van der Waals surface area contributed by atoms with Crippen LogP contribution in [0.2, 0.25) is 0 Å². The van der Waals surface area contributed by atoms with Gasteiger partial charge in [-0.3, -0.25) is 4.79 Å². The van der Waals surface area contributed by atoms with Gasteiger partial charge in [-0.25, -0.2) is 0 Å². The maximum absolute atomic E-state index is 12.5. The van der Waals surface area contributed by atoms with E-state index in [1.807, 2.05) is 30.3 Å². The van der Waals surface area contributed by atoms with Gasteiger partial charge in [0.2, 0.25) is 0 Å². The van der Waals surface area contributed by atoms with Crippen molar-refractivity contribution in [2.24, 2.45) is 0 Å². The van der Waals surface area contributed by atoms with Crippen LogP contribution in [-0.2, 0) is 0 Å². The average molecular weight is 217 g/mol. The van der Waals surface area contributed by atoms with E-state index >= 15 is 0 Å². The number of rotatable bonds is 4. The van der Waals surface area contributed by atoms with Gasteiger partial charge in [-0.15, -0.1) is 0 Å². The van der Waals surface area contributed by atoms with Crippen molar-refractivity contribution in [3.8, 4) is 0 Å². The molecule has 0 aromatic heterocycles. The molecular formula is C14H19NO. The summed E-state index contributed by atoms with van der Waals surface area (Å²) in [6, 6.07) is 9.65. The van der Waals surface area contributed by atoms with Gasteiger partial charge >= 0.3 is 0 Å². The first-order valence-corrected chi connectivity index (χ1v) is 6.13. The van der Waals surface area contributed by atoms with Gasteiger partial charge in [0.1, 0.15) is 0 Å². The predicted molar refractivity (Wildman–Crippen MR) is 65.6 cm³/mol. The van der Waals surface area contributed by atoms with E-state index in [1.165, 1.54) is 0 Å². The summed E-state index contributed by atoms with van der Waals surface area (Å²) in [5.74, 6) is 0.271. The number of carbonyl (C=O) groups excluding carboxylic acids is 1. The zero-order valence-electron chi connectivity index (χ0n) is 9.83. The van der Waals surface area contributed by atoms with Gasteiger partial charge < -0.3 is 5.32 Å². The van der Waals surface area contributed by atoms with Crippen molar-refractivity contribution in [2.45, 2.75) is 38.1 Å². The number of hydrogen-bond donors (Lipinski definition) is 1. The van der Waals surface area contributed by atoms with Gasteiger partial charge in [0, 0.05) is 5.56 Å². The SMILES string of the molecule is CCCC1(C(=O)c2ccccc2)CCCN1. The molecule has 1 atom stereocenters. The minimum absolute atomic E-state index is 0.271. The van der Waals surface area contributed by atoms with E-state index in [1.54, 1.807) is 0 Å². The summed E-state index contributed by atoms with van der Waals surface area (Å²) < 4.78 is 0.